The van der Waals surface area contributed by atoms with Crippen LogP contribution in [0.4, 0.5) is 0 Å². The van der Waals surface area contributed by atoms with Gasteiger partial charge in [-0.1, -0.05) is 19.9 Å². The summed E-state index contributed by atoms with van der Waals surface area (Å²) in [6.45, 7) is 4.26. The van der Waals surface area contributed by atoms with Gasteiger partial charge in [0.2, 0.25) is 0 Å². The molecular weight excluding hydrogens is 212 g/mol. The first kappa shape index (κ1) is 10.6. The predicted molar refractivity (Wildman–Crippen MR) is 55.7 cm³/mol. The molecule has 0 radical (unpaired) electrons. The number of hydrogen-bond donors (Lipinski definition) is 0. The number of fused-ring (bicyclic) bond motifs is 1. The molecule has 3 nitrogen and oxygen atoms in total. The molecule has 0 N–H and O–H groups in total. The minimum Gasteiger partial charge on any atom is -0.744 e. The van der Waals surface area contributed by atoms with Gasteiger partial charge in [0, 0.05) is 0 Å². The monoisotopic (exact) mass is 225 g/mol. The van der Waals surface area contributed by atoms with E-state index in [1.807, 2.05) is 0 Å². The molecule has 0 saturated heterocycles. The van der Waals surface area contributed by atoms with Gasteiger partial charge in [0.15, 0.2) is 0 Å². The topological polar surface area (TPSA) is 57.2 Å². The average Bonchev–Trinajstić information content (AvgIpc) is 2.41. The molecule has 1 aromatic rings. The van der Waals surface area contributed by atoms with E-state index in [2.05, 4.69) is 13.8 Å². The van der Waals surface area contributed by atoms with E-state index in [4.69, 9.17) is 0 Å². The van der Waals surface area contributed by atoms with Crippen molar-refractivity contribution >= 4 is 10.1 Å². The maximum Gasteiger partial charge on any atom is 0.124 e. The first-order valence-electron chi connectivity index (χ1n) is 4.98. The molecule has 0 heterocycles. The molecule has 0 aliphatic heterocycles. The summed E-state index contributed by atoms with van der Waals surface area (Å²) in [7, 11) is -4.31. The largest absolute Gasteiger partial charge is 0.744 e. The SMILES string of the molecule is CC1Cc2cc(S(=O)(=O)[O-])ccc2C1C. The van der Waals surface area contributed by atoms with E-state index in [-0.39, 0.29) is 4.90 Å². The molecular formula is C11H13O3S-. The molecule has 1 aromatic carbocycles. The van der Waals surface area contributed by atoms with Crippen LogP contribution in [0.2, 0.25) is 0 Å². The van der Waals surface area contributed by atoms with E-state index >= 15 is 0 Å². The van der Waals surface area contributed by atoms with Crippen LogP contribution in [-0.4, -0.2) is 13.0 Å². The van der Waals surface area contributed by atoms with Crippen LogP contribution in [0.1, 0.15) is 30.9 Å². The molecule has 0 bridgehead atoms. The zero-order chi connectivity index (χ0) is 11.2. The zero-order valence-electron chi connectivity index (χ0n) is 8.73. The Morgan fingerprint density at radius 2 is 2.00 bits per heavy atom. The van der Waals surface area contributed by atoms with E-state index in [9.17, 15) is 13.0 Å². The fourth-order valence-corrected chi connectivity index (χ4v) is 2.71. The van der Waals surface area contributed by atoms with Crippen LogP contribution in [0, 0.1) is 5.92 Å². The van der Waals surface area contributed by atoms with Gasteiger partial charge >= 0.3 is 0 Å². The van der Waals surface area contributed by atoms with Crippen molar-refractivity contribution < 1.29 is 13.0 Å². The van der Waals surface area contributed by atoms with Crippen molar-refractivity contribution in [1.29, 1.82) is 0 Å². The van der Waals surface area contributed by atoms with Crippen LogP contribution in [0.3, 0.4) is 0 Å². The van der Waals surface area contributed by atoms with E-state index in [0.29, 0.717) is 11.8 Å². The highest BCUT2D eigenvalue weighted by atomic mass is 32.2. The van der Waals surface area contributed by atoms with Crippen LogP contribution in [-0.2, 0) is 16.5 Å². The Kier molecular flexibility index (Phi) is 2.35. The molecule has 0 saturated carbocycles. The lowest BCUT2D eigenvalue weighted by Gasteiger charge is -2.10. The van der Waals surface area contributed by atoms with Crippen LogP contribution in [0.5, 0.6) is 0 Å². The van der Waals surface area contributed by atoms with Gasteiger partial charge in [-0.15, -0.1) is 0 Å². The van der Waals surface area contributed by atoms with Crippen LogP contribution < -0.4 is 0 Å². The van der Waals surface area contributed by atoms with E-state index in [1.54, 1.807) is 6.07 Å². The number of rotatable bonds is 1. The first-order chi connectivity index (χ1) is 6.89. The minimum absolute atomic E-state index is 0.109. The molecule has 0 spiro atoms. The number of benzene rings is 1. The van der Waals surface area contributed by atoms with Crippen molar-refractivity contribution in [1.82, 2.24) is 0 Å². The molecule has 4 heteroatoms. The van der Waals surface area contributed by atoms with E-state index < -0.39 is 10.1 Å². The summed E-state index contributed by atoms with van der Waals surface area (Å²) in [6, 6.07) is 4.71. The molecule has 0 aromatic heterocycles. The fourth-order valence-electron chi connectivity index (χ4n) is 2.19. The van der Waals surface area contributed by atoms with Crippen molar-refractivity contribution in [2.24, 2.45) is 5.92 Å². The van der Waals surface area contributed by atoms with Crippen molar-refractivity contribution in [3.05, 3.63) is 29.3 Å². The second-order valence-electron chi connectivity index (χ2n) is 4.28. The second kappa shape index (κ2) is 3.32. The smallest absolute Gasteiger partial charge is 0.124 e. The molecule has 2 atom stereocenters. The Bertz CT molecular complexity index is 491. The summed E-state index contributed by atoms with van der Waals surface area (Å²) in [5, 5.41) is 0. The predicted octanol–water partition coefficient (Wildman–Crippen LogP) is 1.89. The maximum atomic E-state index is 10.8. The highest BCUT2D eigenvalue weighted by Crippen LogP contribution is 2.37. The fraction of sp³-hybridized carbons (Fsp3) is 0.455. The van der Waals surface area contributed by atoms with Gasteiger partial charge in [-0.2, -0.15) is 0 Å². The Morgan fingerprint density at radius 3 is 2.60 bits per heavy atom. The van der Waals surface area contributed by atoms with Gasteiger partial charge in [0.25, 0.3) is 0 Å². The molecule has 1 aliphatic rings. The van der Waals surface area contributed by atoms with Gasteiger partial charge in [0.1, 0.15) is 10.1 Å². The normalized spacial score (nSPS) is 25.3. The zero-order valence-corrected chi connectivity index (χ0v) is 9.54. The lowest BCUT2D eigenvalue weighted by Crippen LogP contribution is -1.99. The maximum absolute atomic E-state index is 10.8. The Labute approximate surface area is 89.9 Å². The first-order valence-corrected chi connectivity index (χ1v) is 6.39. The van der Waals surface area contributed by atoms with Crippen LogP contribution >= 0.6 is 0 Å². The molecule has 82 valence electrons. The lowest BCUT2D eigenvalue weighted by molar-refractivity contribution is 0.463. The average molecular weight is 225 g/mol. The summed E-state index contributed by atoms with van der Waals surface area (Å²) in [5.41, 5.74) is 2.18. The second-order valence-corrected chi connectivity index (χ2v) is 5.66. The van der Waals surface area contributed by atoms with Crippen LogP contribution in [0.25, 0.3) is 0 Å². The minimum atomic E-state index is -4.31. The lowest BCUT2D eigenvalue weighted by atomic mass is 9.97. The summed E-state index contributed by atoms with van der Waals surface area (Å²) >= 11 is 0. The highest BCUT2D eigenvalue weighted by molar-refractivity contribution is 7.85. The van der Waals surface area contributed by atoms with E-state index in [1.165, 1.54) is 17.7 Å². The van der Waals surface area contributed by atoms with Gasteiger partial charge in [0.05, 0.1) is 4.90 Å². The van der Waals surface area contributed by atoms with Gasteiger partial charge in [-0.25, -0.2) is 8.42 Å². The third kappa shape index (κ3) is 1.79. The van der Waals surface area contributed by atoms with Crippen molar-refractivity contribution in [3.63, 3.8) is 0 Å². The third-order valence-electron chi connectivity index (χ3n) is 3.29. The number of hydrogen-bond acceptors (Lipinski definition) is 3. The van der Waals surface area contributed by atoms with Crippen molar-refractivity contribution in [3.8, 4) is 0 Å². The van der Waals surface area contributed by atoms with Crippen molar-refractivity contribution in [2.45, 2.75) is 31.1 Å². The summed E-state index contributed by atoms with van der Waals surface area (Å²) < 4.78 is 32.5. The molecule has 0 fully saturated rings. The standard InChI is InChI=1S/C11H14O3S/c1-7-5-9-6-10(15(12,13)14)3-4-11(9)8(7)2/h3-4,6-8H,5H2,1-2H3,(H,12,13,14)/p-1. The summed E-state index contributed by atoms with van der Waals surface area (Å²) in [5.74, 6) is 0.966. The Hall–Kier alpha value is -0.870. The molecule has 2 rings (SSSR count). The molecule has 15 heavy (non-hydrogen) atoms. The Balaban J connectivity index is 2.51. The van der Waals surface area contributed by atoms with E-state index in [0.717, 1.165) is 12.0 Å². The summed E-state index contributed by atoms with van der Waals surface area (Å²) in [6.07, 6.45) is 0.861. The van der Waals surface area contributed by atoms with Gasteiger partial charge in [-0.05, 0) is 41.5 Å². The molecule has 2 unspecified atom stereocenters. The van der Waals surface area contributed by atoms with Crippen LogP contribution in [0.15, 0.2) is 23.1 Å². The van der Waals surface area contributed by atoms with Gasteiger partial charge < -0.3 is 4.55 Å². The third-order valence-corrected chi connectivity index (χ3v) is 4.12. The molecule has 1 aliphatic carbocycles. The quantitative estimate of drug-likeness (QED) is 0.686. The Morgan fingerprint density at radius 1 is 1.33 bits per heavy atom. The van der Waals surface area contributed by atoms with Crippen molar-refractivity contribution in [2.75, 3.05) is 0 Å². The highest BCUT2D eigenvalue weighted by Gasteiger charge is 2.25. The molecule has 0 amide bonds. The van der Waals surface area contributed by atoms with Gasteiger partial charge in [-0.3, -0.25) is 0 Å². The summed E-state index contributed by atoms with van der Waals surface area (Å²) in [4.78, 5) is -0.109.